The van der Waals surface area contributed by atoms with Crippen molar-refractivity contribution < 1.29 is 22.4 Å². The van der Waals surface area contributed by atoms with Gasteiger partial charge in [-0.15, -0.1) is 0 Å². The van der Waals surface area contributed by atoms with E-state index in [1.807, 2.05) is 18.2 Å². The smallest absolute Gasteiger partial charge is 0.255 e. The maximum atomic E-state index is 15.4. The molecule has 0 saturated heterocycles. The Balaban J connectivity index is 1.51. The molecule has 154 valence electrons. The molecule has 0 aromatic heterocycles. The standard InChI is InChI=1S/C22H13Br2F4NO/c23-16-6-3-12(7-17(16)24)15-10-22(15,28)13-4-1-11(2-5-13)21(30)29-20-18(26)8-14(25)9-19(20)27/h1-9,15H,10H2,(H,29,30). The van der Waals surface area contributed by atoms with Gasteiger partial charge < -0.3 is 5.32 Å². The summed E-state index contributed by atoms with van der Waals surface area (Å²) in [5.41, 5.74) is -0.916. The van der Waals surface area contributed by atoms with Crippen LogP contribution >= 0.6 is 31.9 Å². The van der Waals surface area contributed by atoms with Gasteiger partial charge in [-0.1, -0.05) is 18.2 Å². The van der Waals surface area contributed by atoms with Crippen molar-refractivity contribution in [2.24, 2.45) is 0 Å². The van der Waals surface area contributed by atoms with E-state index >= 15 is 4.39 Å². The molecule has 0 spiro atoms. The van der Waals surface area contributed by atoms with E-state index in [1.54, 1.807) is 0 Å². The Hall–Kier alpha value is -2.19. The second-order valence-electron chi connectivity index (χ2n) is 7.07. The van der Waals surface area contributed by atoms with E-state index in [4.69, 9.17) is 0 Å². The van der Waals surface area contributed by atoms with Crippen LogP contribution in [0.1, 0.15) is 33.8 Å². The Morgan fingerprint density at radius 2 is 1.57 bits per heavy atom. The molecule has 1 amide bonds. The zero-order valence-corrected chi connectivity index (χ0v) is 18.3. The van der Waals surface area contributed by atoms with Crippen LogP contribution in [0.3, 0.4) is 0 Å². The third kappa shape index (κ3) is 3.90. The van der Waals surface area contributed by atoms with E-state index in [9.17, 15) is 18.0 Å². The fourth-order valence-electron chi connectivity index (χ4n) is 3.41. The topological polar surface area (TPSA) is 29.1 Å². The summed E-state index contributed by atoms with van der Waals surface area (Å²) < 4.78 is 57.5. The van der Waals surface area contributed by atoms with Gasteiger partial charge in [0, 0.05) is 32.6 Å². The first-order valence-corrected chi connectivity index (χ1v) is 10.5. The monoisotopic (exact) mass is 541 g/mol. The van der Waals surface area contributed by atoms with Crippen molar-refractivity contribution >= 4 is 43.5 Å². The largest absolute Gasteiger partial charge is 0.317 e. The molecule has 30 heavy (non-hydrogen) atoms. The van der Waals surface area contributed by atoms with E-state index in [0.29, 0.717) is 24.1 Å². The first kappa shape index (κ1) is 21.1. The molecule has 1 N–H and O–H groups in total. The molecule has 0 bridgehead atoms. The van der Waals surface area contributed by atoms with Gasteiger partial charge in [-0.05, 0) is 73.7 Å². The van der Waals surface area contributed by atoms with Crippen molar-refractivity contribution in [1.82, 2.24) is 0 Å². The number of nitrogens with one attached hydrogen (secondary N) is 1. The SMILES string of the molecule is O=C(Nc1c(F)cc(F)cc1F)c1ccc(C2(F)CC2c2ccc(Br)c(Br)c2)cc1. The Bertz CT molecular complexity index is 1130. The highest BCUT2D eigenvalue weighted by molar-refractivity contribution is 9.13. The molecule has 0 radical (unpaired) electrons. The number of anilines is 1. The molecule has 1 fully saturated rings. The lowest BCUT2D eigenvalue weighted by molar-refractivity contribution is 0.102. The first-order valence-electron chi connectivity index (χ1n) is 8.89. The number of hydrogen-bond donors (Lipinski definition) is 1. The van der Waals surface area contributed by atoms with Gasteiger partial charge >= 0.3 is 0 Å². The number of alkyl halides is 1. The van der Waals surface area contributed by atoms with E-state index in [2.05, 4.69) is 37.2 Å². The number of carbonyl (C=O) groups excluding carboxylic acids is 1. The summed E-state index contributed by atoms with van der Waals surface area (Å²) >= 11 is 6.80. The lowest BCUT2D eigenvalue weighted by Crippen LogP contribution is -2.15. The predicted molar refractivity (Wildman–Crippen MR) is 113 cm³/mol. The third-order valence-electron chi connectivity index (χ3n) is 5.11. The molecular weight excluding hydrogens is 530 g/mol. The highest BCUT2D eigenvalue weighted by Gasteiger charge is 2.57. The lowest BCUT2D eigenvalue weighted by atomic mass is 10.0. The van der Waals surface area contributed by atoms with Gasteiger partial charge in [-0.25, -0.2) is 17.6 Å². The summed E-state index contributed by atoms with van der Waals surface area (Å²) in [5.74, 6) is -4.62. The van der Waals surface area contributed by atoms with Gasteiger partial charge in [0.2, 0.25) is 0 Å². The minimum atomic E-state index is -1.54. The second-order valence-corrected chi connectivity index (χ2v) is 8.78. The Labute approximate surface area is 186 Å². The number of benzene rings is 3. The van der Waals surface area contributed by atoms with Gasteiger partial charge in [-0.2, -0.15) is 0 Å². The zero-order valence-electron chi connectivity index (χ0n) is 15.2. The van der Waals surface area contributed by atoms with Crippen molar-refractivity contribution in [2.75, 3.05) is 5.32 Å². The van der Waals surface area contributed by atoms with Crippen LogP contribution in [0.4, 0.5) is 23.2 Å². The van der Waals surface area contributed by atoms with E-state index in [1.165, 1.54) is 24.3 Å². The van der Waals surface area contributed by atoms with Crippen molar-refractivity contribution in [2.45, 2.75) is 18.0 Å². The Morgan fingerprint density at radius 3 is 2.17 bits per heavy atom. The molecule has 8 heteroatoms. The summed E-state index contributed by atoms with van der Waals surface area (Å²) in [6.07, 6.45) is 0.318. The van der Waals surface area contributed by atoms with Gasteiger partial charge in [0.1, 0.15) is 17.2 Å². The summed E-state index contributed by atoms with van der Waals surface area (Å²) in [7, 11) is 0. The fourth-order valence-corrected chi connectivity index (χ4v) is 4.06. The van der Waals surface area contributed by atoms with Crippen molar-refractivity contribution in [3.63, 3.8) is 0 Å². The number of hydrogen-bond acceptors (Lipinski definition) is 1. The normalized spacial score (nSPS) is 20.1. The van der Waals surface area contributed by atoms with Crippen LogP contribution in [0.15, 0.2) is 63.5 Å². The molecule has 1 saturated carbocycles. The third-order valence-corrected chi connectivity index (χ3v) is 6.99. The molecule has 1 aliphatic carbocycles. The second kappa shape index (κ2) is 7.81. The van der Waals surface area contributed by atoms with Crippen LogP contribution < -0.4 is 5.32 Å². The van der Waals surface area contributed by atoms with Gasteiger partial charge in [0.15, 0.2) is 11.6 Å². The molecule has 0 aliphatic heterocycles. The molecule has 1 aliphatic rings. The van der Waals surface area contributed by atoms with Crippen LogP contribution in [-0.2, 0) is 5.67 Å². The maximum absolute atomic E-state index is 15.4. The summed E-state index contributed by atoms with van der Waals surface area (Å²) in [4.78, 5) is 12.3. The number of halogens is 6. The van der Waals surface area contributed by atoms with Crippen LogP contribution in [0.2, 0.25) is 0 Å². The molecule has 0 heterocycles. The van der Waals surface area contributed by atoms with Crippen molar-refractivity contribution in [3.8, 4) is 0 Å². The molecule has 3 aromatic carbocycles. The first-order chi connectivity index (χ1) is 14.2. The average molecular weight is 543 g/mol. The Morgan fingerprint density at radius 1 is 0.933 bits per heavy atom. The number of rotatable bonds is 4. The summed E-state index contributed by atoms with van der Waals surface area (Å²) in [6, 6.07) is 12.3. The molecule has 4 rings (SSSR count). The predicted octanol–water partition coefficient (Wildman–Crippen LogP) is 7.23. The van der Waals surface area contributed by atoms with Crippen LogP contribution in [0.5, 0.6) is 0 Å². The Kier molecular flexibility index (Phi) is 5.48. The van der Waals surface area contributed by atoms with Crippen LogP contribution in [0.25, 0.3) is 0 Å². The van der Waals surface area contributed by atoms with Crippen LogP contribution in [0, 0.1) is 17.5 Å². The average Bonchev–Trinajstić information content (AvgIpc) is 3.39. The minimum absolute atomic E-state index is 0.0917. The lowest BCUT2D eigenvalue weighted by Gasteiger charge is -2.11. The molecule has 2 atom stereocenters. The van der Waals surface area contributed by atoms with E-state index in [-0.39, 0.29) is 11.5 Å². The van der Waals surface area contributed by atoms with Crippen LogP contribution in [-0.4, -0.2) is 5.91 Å². The number of carbonyl (C=O) groups is 1. The highest BCUT2D eigenvalue weighted by atomic mass is 79.9. The van der Waals surface area contributed by atoms with Gasteiger partial charge in [0.05, 0.1) is 0 Å². The minimum Gasteiger partial charge on any atom is -0.317 e. The van der Waals surface area contributed by atoms with Crippen molar-refractivity contribution in [3.05, 3.63) is 97.7 Å². The molecule has 2 nitrogen and oxygen atoms in total. The van der Waals surface area contributed by atoms with Crippen molar-refractivity contribution in [1.29, 1.82) is 0 Å². The summed E-state index contributed by atoms with van der Waals surface area (Å²) in [6.45, 7) is 0. The van der Waals surface area contributed by atoms with Gasteiger partial charge in [-0.3, -0.25) is 4.79 Å². The number of amides is 1. The molecule has 2 unspecified atom stereocenters. The molecule has 3 aromatic rings. The maximum Gasteiger partial charge on any atom is 0.255 e. The van der Waals surface area contributed by atoms with E-state index < -0.39 is 34.7 Å². The van der Waals surface area contributed by atoms with E-state index in [0.717, 1.165) is 14.5 Å². The molecular formula is C22H13Br2F4NO. The zero-order chi connectivity index (χ0) is 21.6. The highest BCUT2D eigenvalue weighted by Crippen LogP contribution is 2.62. The quantitative estimate of drug-likeness (QED) is 0.346. The van der Waals surface area contributed by atoms with Gasteiger partial charge in [0.25, 0.3) is 5.91 Å². The summed E-state index contributed by atoms with van der Waals surface area (Å²) in [5, 5.41) is 2.08. The fraction of sp³-hybridized carbons (Fsp3) is 0.136.